The zero-order valence-electron chi connectivity index (χ0n) is 20.4. The van der Waals surface area contributed by atoms with Crippen molar-refractivity contribution in [3.05, 3.63) is 72.8 Å². The molecule has 0 spiro atoms. The third-order valence-electron chi connectivity index (χ3n) is 5.52. The molecule has 0 saturated carbocycles. The van der Waals surface area contributed by atoms with E-state index in [4.69, 9.17) is 28.4 Å². The van der Waals surface area contributed by atoms with Crippen LogP contribution >= 0.6 is 15.9 Å². The Bertz CT molecular complexity index is 1250. The molecule has 0 radical (unpaired) electrons. The van der Waals surface area contributed by atoms with Crippen molar-refractivity contribution in [1.29, 1.82) is 0 Å². The number of fused-ring (bicyclic) bond motifs is 2. The minimum absolute atomic E-state index is 0.397. The van der Waals surface area contributed by atoms with Crippen LogP contribution in [0, 0.1) is 0 Å². The number of halogens is 1. The molecule has 0 atom stereocenters. The van der Waals surface area contributed by atoms with E-state index in [0.29, 0.717) is 69.2 Å². The van der Waals surface area contributed by atoms with Gasteiger partial charge in [0.2, 0.25) is 0 Å². The van der Waals surface area contributed by atoms with Crippen molar-refractivity contribution in [1.82, 2.24) is 0 Å². The van der Waals surface area contributed by atoms with Gasteiger partial charge in [0.1, 0.15) is 19.8 Å². The van der Waals surface area contributed by atoms with Crippen molar-refractivity contribution in [2.75, 3.05) is 58.7 Å². The second kappa shape index (κ2) is 13.9. The lowest BCUT2D eigenvalue weighted by Gasteiger charge is -2.15. The quantitative estimate of drug-likeness (QED) is 0.127. The number of methoxy groups -OCH3 is 1. The maximum Gasteiger partial charge on any atom is 0.161 e. The summed E-state index contributed by atoms with van der Waals surface area (Å²) in [5.74, 6) is 2.80. The molecule has 4 rings (SSSR count). The molecule has 190 valence electrons. The van der Waals surface area contributed by atoms with E-state index in [2.05, 4.69) is 40.2 Å². The van der Waals surface area contributed by atoms with Crippen LogP contribution in [0.4, 0.5) is 0 Å². The van der Waals surface area contributed by atoms with Crippen molar-refractivity contribution >= 4 is 37.5 Å². The SMILES string of the molecule is COc1cc2ccccc2cc1OCCOCCOc1cc2ccccc2cc1OCCOCCBr. The summed E-state index contributed by atoms with van der Waals surface area (Å²) in [6.45, 7) is 3.29. The first-order chi connectivity index (χ1) is 17.8. The molecule has 0 unspecified atom stereocenters. The molecule has 0 saturated heterocycles. The summed E-state index contributed by atoms with van der Waals surface area (Å²) in [6, 6.07) is 24.2. The lowest BCUT2D eigenvalue weighted by molar-refractivity contribution is 0.0739. The van der Waals surface area contributed by atoms with Gasteiger partial charge in [-0.05, 0) is 45.8 Å². The van der Waals surface area contributed by atoms with Gasteiger partial charge in [-0.15, -0.1) is 0 Å². The highest BCUT2D eigenvalue weighted by molar-refractivity contribution is 9.09. The smallest absolute Gasteiger partial charge is 0.161 e. The third-order valence-corrected chi connectivity index (χ3v) is 5.84. The van der Waals surface area contributed by atoms with Crippen molar-refractivity contribution in [2.24, 2.45) is 0 Å². The van der Waals surface area contributed by atoms with E-state index in [1.165, 1.54) is 0 Å². The summed E-state index contributed by atoms with van der Waals surface area (Å²) in [4.78, 5) is 0. The molecule has 0 aliphatic carbocycles. The van der Waals surface area contributed by atoms with Crippen LogP contribution < -0.4 is 18.9 Å². The number of rotatable bonds is 15. The third kappa shape index (κ3) is 7.26. The Morgan fingerprint density at radius 1 is 0.500 bits per heavy atom. The van der Waals surface area contributed by atoms with Crippen molar-refractivity contribution in [3.8, 4) is 23.0 Å². The zero-order chi connectivity index (χ0) is 25.0. The number of hydrogen-bond donors (Lipinski definition) is 0. The second-order valence-corrected chi connectivity index (χ2v) is 8.75. The Hall–Kier alpha value is -3.00. The Balaban J connectivity index is 1.25. The number of alkyl halides is 1. The molecule has 7 heteroatoms. The predicted octanol–water partition coefficient (Wildman–Crippen LogP) is 6.27. The van der Waals surface area contributed by atoms with Crippen molar-refractivity contribution < 1.29 is 28.4 Å². The van der Waals surface area contributed by atoms with Gasteiger partial charge in [-0.25, -0.2) is 0 Å². The molecule has 0 aliphatic heterocycles. The first-order valence-corrected chi connectivity index (χ1v) is 13.1. The Labute approximate surface area is 220 Å². The van der Waals surface area contributed by atoms with Crippen LogP contribution in [-0.2, 0) is 9.47 Å². The first-order valence-electron chi connectivity index (χ1n) is 12.0. The molecule has 6 nitrogen and oxygen atoms in total. The number of hydrogen-bond acceptors (Lipinski definition) is 6. The second-order valence-electron chi connectivity index (χ2n) is 7.96. The Morgan fingerprint density at radius 3 is 1.25 bits per heavy atom. The monoisotopic (exact) mass is 554 g/mol. The van der Waals surface area contributed by atoms with Gasteiger partial charge in [-0.1, -0.05) is 64.5 Å². The fraction of sp³-hybridized carbons (Fsp3) is 0.310. The first kappa shape index (κ1) is 26.1. The van der Waals surface area contributed by atoms with Crippen LogP contribution in [0.25, 0.3) is 21.5 Å². The average molecular weight is 555 g/mol. The van der Waals surface area contributed by atoms with Gasteiger partial charge in [0.25, 0.3) is 0 Å². The molecule has 0 heterocycles. The number of benzene rings is 4. The fourth-order valence-corrected chi connectivity index (χ4v) is 4.01. The molecular weight excluding hydrogens is 524 g/mol. The largest absolute Gasteiger partial charge is 0.493 e. The minimum Gasteiger partial charge on any atom is -0.493 e. The van der Waals surface area contributed by atoms with Crippen LogP contribution in [-0.4, -0.2) is 58.7 Å². The topological polar surface area (TPSA) is 55.4 Å². The van der Waals surface area contributed by atoms with E-state index in [9.17, 15) is 0 Å². The van der Waals surface area contributed by atoms with Crippen LogP contribution in [0.3, 0.4) is 0 Å². The summed E-state index contributed by atoms with van der Waals surface area (Å²) in [5, 5.41) is 5.20. The fourth-order valence-electron chi connectivity index (χ4n) is 3.79. The maximum atomic E-state index is 6.01. The van der Waals surface area contributed by atoms with E-state index in [0.717, 1.165) is 26.9 Å². The van der Waals surface area contributed by atoms with Gasteiger partial charge in [-0.2, -0.15) is 0 Å². The normalized spacial score (nSPS) is 11.1. The standard InChI is InChI=1S/C29H31BrO6/c1-31-26-18-22-6-2-3-7-23(22)19-27(26)34-16-13-33-14-17-36-29-21-25-9-5-4-8-24(25)20-28(29)35-15-12-32-11-10-30/h2-9,18-21H,10-17H2,1H3. The summed E-state index contributed by atoms with van der Waals surface area (Å²) >= 11 is 3.35. The Kier molecular flexibility index (Phi) is 10.1. The van der Waals surface area contributed by atoms with Crippen LogP contribution in [0.5, 0.6) is 23.0 Å². The Morgan fingerprint density at radius 2 is 0.861 bits per heavy atom. The van der Waals surface area contributed by atoms with E-state index in [1.807, 2.05) is 48.5 Å². The zero-order valence-corrected chi connectivity index (χ0v) is 22.0. The van der Waals surface area contributed by atoms with Gasteiger partial charge in [-0.3, -0.25) is 0 Å². The van der Waals surface area contributed by atoms with E-state index in [-0.39, 0.29) is 0 Å². The predicted molar refractivity (Wildman–Crippen MR) is 146 cm³/mol. The van der Waals surface area contributed by atoms with E-state index < -0.39 is 0 Å². The lowest BCUT2D eigenvalue weighted by Crippen LogP contribution is -2.13. The number of ether oxygens (including phenoxy) is 6. The highest BCUT2D eigenvalue weighted by atomic mass is 79.9. The lowest BCUT2D eigenvalue weighted by atomic mass is 10.1. The molecule has 0 aliphatic rings. The van der Waals surface area contributed by atoms with Gasteiger partial charge in [0.15, 0.2) is 23.0 Å². The molecule has 0 N–H and O–H groups in total. The highest BCUT2D eigenvalue weighted by Crippen LogP contribution is 2.33. The molecule has 0 bridgehead atoms. The highest BCUT2D eigenvalue weighted by Gasteiger charge is 2.09. The van der Waals surface area contributed by atoms with E-state index in [1.54, 1.807) is 7.11 Å². The molecular formula is C29H31BrO6. The molecule has 0 amide bonds. The van der Waals surface area contributed by atoms with Crippen molar-refractivity contribution in [2.45, 2.75) is 0 Å². The summed E-state index contributed by atoms with van der Waals surface area (Å²) in [7, 11) is 1.64. The van der Waals surface area contributed by atoms with E-state index >= 15 is 0 Å². The summed E-state index contributed by atoms with van der Waals surface area (Å²) < 4.78 is 34.6. The van der Waals surface area contributed by atoms with Crippen LogP contribution in [0.1, 0.15) is 0 Å². The van der Waals surface area contributed by atoms with Gasteiger partial charge < -0.3 is 28.4 Å². The van der Waals surface area contributed by atoms with Crippen LogP contribution in [0.2, 0.25) is 0 Å². The van der Waals surface area contributed by atoms with Gasteiger partial charge in [0.05, 0.1) is 33.5 Å². The molecule has 0 fully saturated rings. The molecule has 36 heavy (non-hydrogen) atoms. The summed E-state index contributed by atoms with van der Waals surface area (Å²) in [5.41, 5.74) is 0. The average Bonchev–Trinajstić information content (AvgIpc) is 2.91. The summed E-state index contributed by atoms with van der Waals surface area (Å²) in [6.07, 6.45) is 0. The van der Waals surface area contributed by atoms with Crippen LogP contribution in [0.15, 0.2) is 72.8 Å². The molecule has 4 aromatic rings. The van der Waals surface area contributed by atoms with Crippen molar-refractivity contribution in [3.63, 3.8) is 0 Å². The minimum atomic E-state index is 0.397. The maximum absolute atomic E-state index is 6.01. The van der Waals surface area contributed by atoms with Gasteiger partial charge >= 0.3 is 0 Å². The van der Waals surface area contributed by atoms with Gasteiger partial charge in [0, 0.05) is 5.33 Å². The molecule has 0 aromatic heterocycles. The molecule has 4 aromatic carbocycles.